The van der Waals surface area contributed by atoms with Crippen molar-refractivity contribution in [2.24, 2.45) is 0 Å². The van der Waals surface area contributed by atoms with Crippen molar-refractivity contribution in [3.05, 3.63) is 22.6 Å². The largest absolute Gasteiger partial charge is 0.396 e. The van der Waals surface area contributed by atoms with Crippen molar-refractivity contribution < 1.29 is 5.11 Å². The Morgan fingerprint density at radius 3 is 2.88 bits per heavy atom. The molecule has 1 rings (SSSR count). The molecule has 0 atom stereocenters. The number of aliphatic hydroxyl groups excluding tert-OH is 1. The molecule has 0 aromatic carbocycles. The fraction of sp³-hybridized carbons (Fsp3) is 0.636. The van der Waals surface area contributed by atoms with Gasteiger partial charge < -0.3 is 15.7 Å². The number of nitrogens with one attached hydrogen (secondary N) is 2. The van der Waals surface area contributed by atoms with Gasteiger partial charge in [-0.15, -0.1) is 0 Å². The monoisotopic (exact) mass is 240 g/mol. The first-order valence-electron chi connectivity index (χ1n) is 5.84. The zero-order chi connectivity index (χ0) is 12.5. The van der Waals surface area contributed by atoms with E-state index in [0.29, 0.717) is 13.0 Å². The van der Waals surface area contributed by atoms with E-state index in [-0.39, 0.29) is 12.2 Å². The van der Waals surface area contributed by atoms with E-state index in [4.69, 9.17) is 5.11 Å². The summed E-state index contributed by atoms with van der Waals surface area (Å²) in [5.41, 5.74) is 0.626. The molecule has 0 amide bonds. The number of hydrogen-bond donors (Lipinski definition) is 3. The number of aromatic nitrogens is 2. The van der Waals surface area contributed by atoms with Crippen LogP contribution in [0.3, 0.4) is 0 Å². The van der Waals surface area contributed by atoms with Gasteiger partial charge >= 0.3 is 0 Å². The number of anilines is 1. The summed E-state index contributed by atoms with van der Waals surface area (Å²) in [6.45, 7) is 2.29. The van der Waals surface area contributed by atoms with Gasteiger partial charge in [-0.3, -0.25) is 4.79 Å². The summed E-state index contributed by atoms with van der Waals surface area (Å²) in [5.74, 6) is 0. The van der Waals surface area contributed by atoms with Crippen LogP contribution in [0, 0.1) is 0 Å². The van der Waals surface area contributed by atoms with Crippen molar-refractivity contribution in [1.82, 2.24) is 15.1 Å². The van der Waals surface area contributed by atoms with E-state index in [1.807, 2.05) is 7.05 Å². The molecule has 3 N–H and O–H groups in total. The number of aliphatic hydroxyl groups is 1. The second-order valence-electron chi connectivity index (χ2n) is 3.77. The highest BCUT2D eigenvalue weighted by Crippen LogP contribution is 1.99. The van der Waals surface area contributed by atoms with Crippen LogP contribution >= 0.6 is 0 Å². The molecule has 1 heterocycles. The summed E-state index contributed by atoms with van der Waals surface area (Å²) >= 11 is 0. The predicted molar refractivity (Wildman–Crippen MR) is 67.2 cm³/mol. The van der Waals surface area contributed by atoms with Crippen molar-refractivity contribution >= 4 is 5.69 Å². The molecule has 0 bridgehead atoms. The molecule has 0 aliphatic rings. The van der Waals surface area contributed by atoms with Crippen LogP contribution in [0.4, 0.5) is 5.69 Å². The maximum Gasteiger partial charge on any atom is 0.268 e. The van der Waals surface area contributed by atoms with Gasteiger partial charge in [-0.1, -0.05) is 0 Å². The maximum atomic E-state index is 11.6. The van der Waals surface area contributed by atoms with Crippen LogP contribution in [-0.4, -0.2) is 41.6 Å². The second kappa shape index (κ2) is 7.81. The van der Waals surface area contributed by atoms with Gasteiger partial charge in [-0.2, -0.15) is 5.10 Å². The van der Waals surface area contributed by atoms with Crippen LogP contribution in [-0.2, 0) is 6.54 Å². The van der Waals surface area contributed by atoms with Crippen LogP contribution in [0.2, 0.25) is 0 Å². The van der Waals surface area contributed by atoms with Crippen LogP contribution in [0.5, 0.6) is 0 Å². The smallest absolute Gasteiger partial charge is 0.268 e. The summed E-state index contributed by atoms with van der Waals surface area (Å²) in [6.07, 6.45) is 3.10. The van der Waals surface area contributed by atoms with E-state index < -0.39 is 0 Å². The first kappa shape index (κ1) is 13.7. The van der Waals surface area contributed by atoms with E-state index in [9.17, 15) is 4.79 Å². The van der Waals surface area contributed by atoms with Gasteiger partial charge in [0.15, 0.2) is 0 Å². The highest BCUT2D eigenvalue weighted by Gasteiger charge is 1.99. The molecule has 6 heteroatoms. The van der Waals surface area contributed by atoms with E-state index in [1.54, 1.807) is 12.3 Å². The predicted octanol–water partition coefficient (Wildman–Crippen LogP) is -0.353. The Morgan fingerprint density at radius 1 is 1.41 bits per heavy atom. The minimum atomic E-state index is -0.114. The van der Waals surface area contributed by atoms with Gasteiger partial charge in [0.25, 0.3) is 5.56 Å². The molecule has 0 saturated carbocycles. The average Bonchev–Trinajstić information content (AvgIpc) is 2.32. The fourth-order valence-corrected chi connectivity index (χ4v) is 1.40. The van der Waals surface area contributed by atoms with Crippen molar-refractivity contribution in [2.45, 2.75) is 19.4 Å². The highest BCUT2D eigenvalue weighted by molar-refractivity contribution is 5.38. The van der Waals surface area contributed by atoms with Crippen molar-refractivity contribution in [3.8, 4) is 0 Å². The molecule has 6 nitrogen and oxygen atoms in total. The number of likely N-dealkylation sites (N-methyl/N-ethyl adjacent to an activating group) is 1. The quantitative estimate of drug-likeness (QED) is 0.541. The second-order valence-corrected chi connectivity index (χ2v) is 3.77. The summed E-state index contributed by atoms with van der Waals surface area (Å²) in [4.78, 5) is 11.6. The number of unbranched alkanes of at least 4 members (excludes halogenated alkanes) is 1. The molecule has 0 radical (unpaired) electrons. The number of aryl methyl sites for hydroxylation is 1. The average molecular weight is 240 g/mol. The van der Waals surface area contributed by atoms with Gasteiger partial charge in [0.1, 0.15) is 0 Å². The molecule has 0 unspecified atom stereocenters. The number of rotatable bonds is 8. The van der Waals surface area contributed by atoms with Crippen molar-refractivity contribution in [2.75, 3.05) is 32.1 Å². The summed E-state index contributed by atoms with van der Waals surface area (Å²) in [6, 6.07) is 1.54. The van der Waals surface area contributed by atoms with Gasteiger partial charge in [-0.05, 0) is 19.9 Å². The molecule has 17 heavy (non-hydrogen) atoms. The van der Waals surface area contributed by atoms with Crippen LogP contribution < -0.4 is 16.2 Å². The molecule has 0 aliphatic heterocycles. The Balaban J connectivity index is 2.50. The lowest BCUT2D eigenvalue weighted by Crippen LogP contribution is -2.24. The zero-order valence-electron chi connectivity index (χ0n) is 10.1. The molecule has 0 fully saturated rings. The molecular formula is C11H20N4O2. The van der Waals surface area contributed by atoms with Crippen molar-refractivity contribution in [1.29, 1.82) is 0 Å². The number of hydrogen-bond acceptors (Lipinski definition) is 5. The van der Waals surface area contributed by atoms with E-state index in [1.165, 1.54) is 4.68 Å². The normalized spacial score (nSPS) is 10.5. The Bertz CT molecular complexity index is 378. The third-order valence-corrected chi connectivity index (χ3v) is 2.35. The lowest BCUT2D eigenvalue weighted by Gasteiger charge is -2.07. The number of nitrogens with zero attached hydrogens (tertiary/aromatic N) is 2. The van der Waals surface area contributed by atoms with Crippen LogP contribution in [0.15, 0.2) is 17.1 Å². The standard InChI is InChI=1S/C11H20N4O2/c1-12-4-5-13-10-8-11(17)15(14-9-10)6-2-3-7-16/h8-9,12-13,16H,2-7H2,1H3. The SMILES string of the molecule is CNCCNc1cnn(CCCCO)c(=O)c1. The minimum absolute atomic E-state index is 0.114. The lowest BCUT2D eigenvalue weighted by molar-refractivity contribution is 0.279. The summed E-state index contributed by atoms with van der Waals surface area (Å²) in [7, 11) is 1.87. The van der Waals surface area contributed by atoms with Gasteiger partial charge in [-0.25, -0.2) is 4.68 Å². The van der Waals surface area contributed by atoms with Gasteiger partial charge in [0.2, 0.25) is 0 Å². The van der Waals surface area contributed by atoms with Crippen LogP contribution in [0.1, 0.15) is 12.8 Å². The Morgan fingerprint density at radius 2 is 2.24 bits per heavy atom. The summed E-state index contributed by atoms with van der Waals surface area (Å²) < 4.78 is 1.42. The van der Waals surface area contributed by atoms with Gasteiger partial charge in [0, 0.05) is 32.3 Å². The Hall–Kier alpha value is -1.40. The van der Waals surface area contributed by atoms with Crippen molar-refractivity contribution in [3.63, 3.8) is 0 Å². The summed E-state index contributed by atoms with van der Waals surface area (Å²) in [5, 5.41) is 18.8. The first-order valence-corrected chi connectivity index (χ1v) is 5.84. The minimum Gasteiger partial charge on any atom is -0.396 e. The Labute approximate surface area is 101 Å². The molecule has 0 aliphatic carbocycles. The highest BCUT2D eigenvalue weighted by atomic mass is 16.2. The van der Waals surface area contributed by atoms with E-state index >= 15 is 0 Å². The van der Waals surface area contributed by atoms with E-state index in [0.717, 1.165) is 25.2 Å². The third kappa shape index (κ3) is 4.97. The molecule has 0 spiro atoms. The topological polar surface area (TPSA) is 79.2 Å². The van der Waals surface area contributed by atoms with Gasteiger partial charge in [0.05, 0.1) is 11.9 Å². The molecular weight excluding hydrogens is 220 g/mol. The maximum absolute atomic E-state index is 11.6. The third-order valence-electron chi connectivity index (χ3n) is 2.35. The molecule has 0 saturated heterocycles. The Kier molecular flexibility index (Phi) is 6.27. The molecule has 96 valence electrons. The lowest BCUT2D eigenvalue weighted by atomic mass is 10.3. The molecule has 1 aromatic rings. The van der Waals surface area contributed by atoms with Crippen LogP contribution in [0.25, 0.3) is 0 Å². The molecule has 1 aromatic heterocycles. The first-order chi connectivity index (χ1) is 8.27. The fourth-order valence-electron chi connectivity index (χ4n) is 1.40. The van der Waals surface area contributed by atoms with E-state index in [2.05, 4.69) is 15.7 Å². The zero-order valence-corrected chi connectivity index (χ0v) is 10.1.